The van der Waals surface area contributed by atoms with Gasteiger partial charge in [-0.15, -0.1) is 0 Å². The number of H-pyrrole nitrogens is 1. The lowest BCUT2D eigenvalue weighted by molar-refractivity contribution is 0.0691. The van der Waals surface area contributed by atoms with Crippen LogP contribution in [0, 0.1) is 0 Å². The minimum atomic E-state index is -1.05. The number of hydrogen-bond acceptors (Lipinski definition) is 3. The summed E-state index contributed by atoms with van der Waals surface area (Å²) in [5.74, 6) is -0.467. The molecule has 17 heavy (non-hydrogen) atoms. The molecule has 0 aliphatic rings. The third-order valence-corrected chi connectivity index (χ3v) is 2.63. The SMILES string of the molecule is CC(C)(C)c1nc(Cl)c2cc(C(=O)O)[nH]c2n1. The summed E-state index contributed by atoms with van der Waals surface area (Å²) in [4.78, 5) is 22.0. The van der Waals surface area contributed by atoms with Gasteiger partial charge in [-0.25, -0.2) is 14.8 Å². The molecule has 2 aromatic heterocycles. The van der Waals surface area contributed by atoms with Gasteiger partial charge in [0.15, 0.2) is 0 Å². The highest BCUT2D eigenvalue weighted by Crippen LogP contribution is 2.26. The second kappa shape index (κ2) is 3.70. The Morgan fingerprint density at radius 2 is 2.06 bits per heavy atom. The minimum Gasteiger partial charge on any atom is -0.477 e. The number of aromatic carboxylic acids is 1. The first-order valence-electron chi connectivity index (χ1n) is 5.09. The molecule has 0 atom stereocenters. The van der Waals surface area contributed by atoms with Crippen LogP contribution >= 0.6 is 11.6 Å². The molecule has 0 saturated carbocycles. The van der Waals surface area contributed by atoms with E-state index in [9.17, 15) is 4.79 Å². The number of carboxylic acid groups (broad SMARTS) is 1. The number of nitrogens with one attached hydrogen (secondary N) is 1. The van der Waals surface area contributed by atoms with Gasteiger partial charge in [0.1, 0.15) is 22.3 Å². The number of aromatic nitrogens is 3. The van der Waals surface area contributed by atoms with Crippen molar-refractivity contribution in [3.05, 3.63) is 22.7 Å². The lowest BCUT2D eigenvalue weighted by Crippen LogP contribution is -2.16. The maximum absolute atomic E-state index is 10.8. The fraction of sp³-hybridized carbons (Fsp3) is 0.364. The standard InChI is InChI=1S/C11H12ClN3O2/c1-11(2,3)10-14-7(12)5-4-6(9(16)17)13-8(5)15-10/h4H,1-3H3,(H,16,17)(H,13,14,15). The van der Waals surface area contributed by atoms with Crippen molar-refractivity contribution >= 4 is 28.6 Å². The third-order valence-electron chi connectivity index (χ3n) is 2.34. The number of aromatic amines is 1. The van der Waals surface area contributed by atoms with E-state index in [1.807, 2.05) is 20.8 Å². The Morgan fingerprint density at radius 3 is 2.59 bits per heavy atom. The molecule has 0 fully saturated rings. The van der Waals surface area contributed by atoms with Crippen molar-refractivity contribution in [2.45, 2.75) is 26.2 Å². The summed E-state index contributed by atoms with van der Waals surface area (Å²) >= 11 is 6.02. The summed E-state index contributed by atoms with van der Waals surface area (Å²) in [6, 6.07) is 1.44. The van der Waals surface area contributed by atoms with Crippen LogP contribution in [0.3, 0.4) is 0 Å². The van der Waals surface area contributed by atoms with E-state index >= 15 is 0 Å². The molecule has 0 amide bonds. The van der Waals surface area contributed by atoms with Crippen molar-refractivity contribution in [2.24, 2.45) is 0 Å². The third kappa shape index (κ3) is 2.10. The van der Waals surface area contributed by atoms with E-state index in [-0.39, 0.29) is 16.3 Å². The number of nitrogens with zero attached hydrogens (tertiary/aromatic N) is 2. The van der Waals surface area contributed by atoms with E-state index in [4.69, 9.17) is 16.7 Å². The Hall–Kier alpha value is -1.62. The number of fused-ring (bicyclic) bond motifs is 1. The van der Waals surface area contributed by atoms with E-state index in [1.54, 1.807) is 0 Å². The highest BCUT2D eigenvalue weighted by atomic mass is 35.5. The molecular formula is C11H12ClN3O2. The van der Waals surface area contributed by atoms with Crippen LogP contribution in [0.25, 0.3) is 11.0 Å². The molecule has 2 heterocycles. The molecule has 0 spiro atoms. The van der Waals surface area contributed by atoms with Crippen LogP contribution in [0.1, 0.15) is 37.1 Å². The van der Waals surface area contributed by atoms with Crippen molar-refractivity contribution in [3.63, 3.8) is 0 Å². The lowest BCUT2D eigenvalue weighted by Gasteiger charge is -2.16. The van der Waals surface area contributed by atoms with Crippen molar-refractivity contribution < 1.29 is 9.90 Å². The van der Waals surface area contributed by atoms with Crippen molar-refractivity contribution in [1.29, 1.82) is 0 Å². The molecule has 0 unspecified atom stereocenters. The Bertz CT molecular complexity index is 599. The van der Waals surface area contributed by atoms with E-state index < -0.39 is 5.97 Å². The predicted octanol–water partition coefficient (Wildman–Crippen LogP) is 2.61. The van der Waals surface area contributed by atoms with Gasteiger partial charge in [0.05, 0.1) is 5.39 Å². The second-order valence-corrected chi connectivity index (χ2v) is 5.20. The molecule has 0 aliphatic carbocycles. The molecule has 0 aromatic carbocycles. The van der Waals surface area contributed by atoms with Gasteiger partial charge in [0, 0.05) is 5.41 Å². The Morgan fingerprint density at radius 1 is 1.41 bits per heavy atom. The first-order valence-corrected chi connectivity index (χ1v) is 5.47. The fourth-order valence-corrected chi connectivity index (χ4v) is 1.65. The number of carbonyl (C=O) groups is 1. The van der Waals surface area contributed by atoms with Crippen LogP contribution in [0.5, 0.6) is 0 Å². The molecule has 0 bridgehead atoms. The summed E-state index contributed by atoms with van der Waals surface area (Å²) in [5.41, 5.74) is 0.265. The van der Waals surface area contributed by atoms with E-state index in [2.05, 4.69) is 15.0 Å². The molecule has 2 aromatic rings. The largest absolute Gasteiger partial charge is 0.477 e. The van der Waals surface area contributed by atoms with Crippen LogP contribution in [0.15, 0.2) is 6.07 Å². The molecule has 6 heteroatoms. The van der Waals surface area contributed by atoms with Crippen LogP contribution in [-0.2, 0) is 5.41 Å². The van der Waals surface area contributed by atoms with Gasteiger partial charge < -0.3 is 10.1 Å². The topological polar surface area (TPSA) is 78.9 Å². The molecule has 0 radical (unpaired) electrons. The molecule has 90 valence electrons. The average Bonchev–Trinajstić information content (AvgIpc) is 2.60. The summed E-state index contributed by atoms with van der Waals surface area (Å²) in [6.07, 6.45) is 0. The number of carboxylic acids is 1. The second-order valence-electron chi connectivity index (χ2n) is 4.84. The summed E-state index contributed by atoms with van der Waals surface area (Å²) < 4.78 is 0. The minimum absolute atomic E-state index is 0.0576. The fourth-order valence-electron chi connectivity index (χ4n) is 1.42. The van der Waals surface area contributed by atoms with E-state index in [1.165, 1.54) is 6.07 Å². The van der Waals surface area contributed by atoms with Gasteiger partial charge in [-0.3, -0.25) is 0 Å². The Kier molecular flexibility index (Phi) is 2.58. The average molecular weight is 254 g/mol. The zero-order chi connectivity index (χ0) is 12.8. The van der Waals surface area contributed by atoms with Gasteiger partial charge in [-0.2, -0.15) is 0 Å². The van der Waals surface area contributed by atoms with Crippen molar-refractivity contribution in [3.8, 4) is 0 Å². The zero-order valence-corrected chi connectivity index (χ0v) is 10.5. The smallest absolute Gasteiger partial charge is 0.352 e. The first-order chi connectivity index (χ1) is 7.79. The van der Waals surface area contributed by atoms with Gasteiger partial charge in [0.25, 0.3) is 0 Å². The lowest BCUT2D eigenvalue weighted by atomic mass is 9.96. The van der Waals surface area contributed by atoms with Crippen molar-refractivity contribution in [2.75, 3.05) is 0 Å². The number of hydrogen-bond donors (Lipinski definition) is 2. The number of rotatable bonds is 1. The van der Waals surface area contributed by atoms with Crippen LogP contribution in [-0.4, -0.2) is 26.0 Å². The van der Waals surface area contributed by atoms with Gasteiger partial charge in [-0.05, 0) is 6.07 Å². The molecule has 0 aliphatic heterocycles. The van der Waals surface area contributed by atoms with Gasteiger partial charge in [0.2, 0.25) is 0 Å². The predicted molar refractivity (Wildman–Crippen MR) is 64.6 cm³/mol. The summed E-state index contributed by atoms with van der Waals surface area (Å²) in [6.45, 7) is 5.89. The molecule has 2 rings (SSSR count). The maximum Gasteiger partial charge on any atom is 0.352 e. The monoisotopic (exact) mass is 253 g/mol. The highest BCUT2D eigenvalue weighted by Gasteiger charge is 2.21. The normalized spacial score (nSPS) is 12.0. The Balaban J connectivity index is 2.69. The van der Waals surface area contributed by atoms with Crippen molar-refractivity contribution in [1.82, 2.24) is 15.0 Å². The summed E-state index contributed by atoms with van der Waals surface area (Å²) in [5, 5.41) is 9.68. The highest BCUT2D eigenvalue weighted by molar-refractivity contribution is 6.34. The van der Waals surface area contributed by atoms with E-state index in [0.717, 1.165) is 0 Å². The molecule has 0 saturated heterocycles. The van der Waals surface area contributed by atoms with E-state index in [0.29, 0.717) is 16.9 Å². The quantitative estimate of drug-likeness (QED) is 0.766. The maximum atomic E-state index is 10.8. The van der Waals surface area contributed by atoms with Gasteiger partial charge >= 0.3 is 5.97 Å². The molecule has 2 N–H and O–H groups in total. The van der Waals surface area contributed by atoms with Crippen LogP contribution in [0.4, 0.5) is 0 Å². The zero-order valence-electron chi connectivity index (χ0n) is 9.71. The first kappa shape index (κ1) is 11.9. The summed E-state index contributed by atoms with van der Waals surface area (Å²) in [7, 11) is 0. The van der Waals surface area contributed by atoms with Crippen LogP contribution in [0.2, 0.25) is 5.15 Å². The number of halogens is 1. The molecule has 5 nitrogen and oxygen atoms in total. The Labute approximate surface area is 103 Å². The van der Waals surface area contributed by atoms with Gasteiger partial charge in [-0.1, -0.05) is 32.4 Å². The van der Waals surface area contributed by atoms with Crippen LogP contribution < -0.4 is 0 Å². The molecular weight excluding hydrogens is 242 g/mol.